The van der Waals surface area contributed by atoms with Gasteiger partial charge >= 0.3 is 6.18 Å². The van der Waals surface area contributed by atoms with E-state index in [4.69, 9.17) is 0 Å². The number of piperazine rings is 1. The Labute approximate surface area is 358 Å². The molecule has 5 aromatic carbocycles. The minimum atomic E-state index is -4.48. The molecule has 0 bridgehead atoms. The first kappa shape index (κ1) is 43.7. The molecule has 11 nitrogen and oxygen atoms in total. The number of hydrogen-bond acceptors (Lipinski definition) is 10. The number of carbonyl (C=O) groups excluding carboxylic acids is 1. The van der Waals surface area contributed by atoms with Crippen LogP contribution in [0.15, 0.2) is 125 Å². The summed E-state index contributed by atoms with van der Waals surface area (Å²) in [5.74, 6) is -0.220. The van der Waals surface area contributed by atoms with Crippen LogP contribution in [0.1, 0.15) is 39.9 Å². The highest BCUT2D eigenvalue weighted by Gasteiger charge is 2.33. The molecule has 0 radical (unpaired) electrons. The maximum absolute atomic E-state index is 13.5. The van der Waals surface area contributed by atoms with Crippen molar-refractivity contribution < 1.29 is 31.3 Å². The summed E-state index contributed by atoms with van der Waals surface area (Å²) in [7, 11) is -0.587. The fourth-order valence-corrected chi connectivity index (χ4v) is 9.90. The van der Waals surface area contributed by atoms with Gasteiger partial charge in [-0.2, -0.15) is 13.2 Å². The molecule has 7 rings (SSSR count). The first-order chi connectivity index (χ1) is 29.1. The van der Waals surface area contributed by atoms with E-state index in [2.05, 4.69) is 19.8 Å². The van der Waals surface area contributed by atoms with Gasteiger partial charge in [0.05, 0.1) is 15.4 Å². The number of hydrogen-bond donors (Lipinski definition) is 2. The number of amides is 1. The summed E-state index contributed by atoms with van der Waals surface area (Å²) >= 11 is 1.62. The minimum Gasteiger partial charge on any atom is -0.376 e. The summed E-state index contributed by atoms with van der Waals surface area (Å²) in [6.45, 7) is 3.59. The Hall–Kier alpha value is -5.42. The highest BCUT2D eigenvalue weighted by Crippen LogP contribution is 2.36. The molecule has 1 fully saturated rings. The number of nitrogens with zero attached hydrogens (tertiary/aromatic N) is 4. The Morgan fingerprint density at radius 2 is 1.69 bits per heavy atom. The quantitative estimate of drug-likeness (QED) is 0.0600. The topological polar surface area (TPSA) is 128 Å². The lowest BCUT2D eigenvalue weighted by molar-refractivity contribution is -0.384. The number of benzene rings is 5. The predicted octanol–water partition coefficient (Wildman–Crippen LogP) is 8.56. The summed E-state index contributed by atoms with van der Waals surface area (Å²) in [5.41, 5.74) is 3.78. The van der Waals surface area contributed by atoms with Crippen LogP contribution in [-0.2, 0) is 29.2 Å². The van der Waals surface area contributed by atoms with E-state index in [1.165, 1.54) is 24.3 Å². The third-order valence-corrected chi connectivity index (χ3v) is 13.6. The lowest BCUT2D eigenvalue weighted by Crippen LogP contribution is -2.54. The summed E-state index contributed by atoms with van der Waals surface area (Å²) in [6, 6.07) is 31.6. The van der Waals surface area contributed by atoms with E-state index in [9.17, 15) is 36.5 Å². The molecule has 2 heterocycles. The number of halogens is 3. The summed E-state index contributed by atoms with van der Waals surface area (Å²) in [4.78, 5) is 32.4. The SMILES string of the molecule is CN(C)CC[C@H](CSc1ccccc1)Nc1ccc(S(=O)(=O)NC(=O)c2ccc3c(c2)CC[C@@H]2CN(Cc4ccccc4-c4ccc(C(F)(F)F)cc4)CCN32)cc1[N+](=O)[O-]. The molecule has 0 aromatic heterocycles. The van der Waals surface area contributed by atoms with E-state index in [-0.39, 0.29) is 23.3 Å². The monoisotopic (exact) mass is 872 g/mol. The van der Waals surface area contributed by atoms with Crippen LogP contribution in [0.5, 0.6) is 0 Å². The fraction of sp³-hybridized carbons (Fsp3) is 0.311. The number of alkyl halides is 3. The van der Waals surface area contributed by atoms with Crippen LogP contribution in [0, 0.1) is 10.1 Å². The lowest BCUT2D eigenvalue weighted by Gasteiger charge is -2.46. The van der Waals surface area contributed by atoms with Crippen LogP contribution >= 0.6 is 11.8 Å². The molecule has 0 aliphatic carbocycles. The molecule has 2 atom stereocenters. The van der Waals surface area contributed by atoms with Crippen molar-refractivity contribution in [2.24, 2.45) is 0 Å². The van der Waals surface area contributed by atoms with Gasteiger partial charge in [-0.05, 0) is 117 Å². The smallest absolute Gasteiger partial charge is 0.376 e. The number of thioether (sulfide) groups is 1. The average Bonchev–Trinajstić information content (AvgIpc) is 3.24. The third-order valence-electron chi connectivity index (χ3n) is 11.1. The largest absolute Gasteiger partial charge is 0.416 e. The number of fused-ring (bicyclic) bond motifs is 3. The average molecular weight is 873 g/mol. The van der Waals surface area contributed by atoms with E-state index in [1.54, 1.807) is 23.9 Å². The maximum atomic E-state index is 13.5. The molecule has 1 saturated heterocycles. The molecule has 0 unspecified atom stereocenters. The van der Waals surface area contributed by atoms with Crippen molar-refractivity contribution in [2.45, 2.75) is 53.9 Å². The predicted molar refractivity (Wildman–Crippen MR) is 234 cm³/mol. The van der Waals surface area contributed by atoms with Gasteiger partial charge in [0.15, 0.2) is 0 Å². The molecule has 2 N–H and O–H groups in total. The summed E-state index contributed by atoms with van der Waals surface area (Å²) < 4.78 is 68.7. The van der Waals surface area contributed by atoms with Crippen LogP contribution in [0.4, 0.5) is 30.2 Å². The van der Waals surface area contributed by atoms with Crippen molar-refractivity contribution in [3.63, 3.8) is 0 Å². The lowest BCUT2D eigenvalue weighted by atomic mass is 9.92. The molecule has 0 spiro atoms. The van der Waals surface area contributed by atoms with Crippen molar-refractivity contribution in [1.29, 1.82) is 0 Å². The zero-order valence-corrected chi connectivity index (χ0v) is 35.4. The van der Waals surface area contributed by atoms with Crippen molar-refractivity contribution in [3.8, 4) is 11.1 Å². The van der Waals surface area contributed by atoms with Gasteiger partial charge in [0.25, 0.3) is 21.6 Å². The van der Waals surface area contributed by atoms with E-state index in [0.29, 0.717) is 31.7 Å². The van der Waals surface area contributed by atoms with Crippen molar-refractivity contribution in [2.75, 3.05) is 56.2 Å². The third kappa shape index (κ3) is 10.7. The minimum absolute atomic E-state index is 0.159. The van der Waals surface area contributed by atoms with Gasteiger partial charge < -0.3 is 15.1 Å². The van der Waals surface area contributed by atoms with Gasteiger partial charge in [-0.25, -0.2) is 13.1 Å². The van der Waals surface area contributed by atoms with Crippen molar-refractivity contribution in [3.05, 3.63) is 148 Å². The Balaban J connectivity index is 0.994. The number of carbonyl (C=O) groups is 1. The van der Waals surface area contributed by atoms with Crippen LogP contribution in [0.2, 0.25) is 0 Å². The van der Waals surface area contributed by atoms with E-state index >= 15 is 0 Å². The fourth-order valence-electron chi connectivity index (χ4n) is 7.91. The number of aryl methyl sites for hydroxylation is 1. The normalized spacial score (nSPS) is 16.1. The molecule has 2 aliphatic heterocycles. The zero-order valence-electron chi connectivity index (χ0n) is 33.8. The van der Waals surface area contributed by atoms with E-state index in [0.717, 1.165) is 77.1 Å². The van der Waals surface area contributed by atoms with Crippen LogP contribution in [0.3, 0.4) is 0 Å². The molecular formula is C45H47F3N6O5S2. The Bertz CT molecular complexity index is 2470. The van der Waals surface area contributed by atoms with Crippen LogP contribution in [0.25, 0.3) is 11.1 Å². The number of nitrogens with one attached hydrogen (secondary N) is 2. The first-order valence-corrected chi connectivity index (χ1v) is 22.4. The molecule has 320 valence electrons. The highest BCUT2D eigenvalue weighted by molar-refractivity contribution is 7.99. The number of rotatable bonds is 15. The molecule has 1 amide bonds. The van der Waals surface area contributed by atoms with Gasteiger partial charge in [0.2, 0.25) is 0 Å². The summed E-state index contributed by atoms with van der Waals surface area (Å²) in [6.07, 6.45) is -2.24. The van der Waals surface area contributed by atoms with Gasteiger partial charge in [0.1, 0.15) is 5.69 Å². The zero-order chi connectivity index (χ0) is 43.3. The second kappa shape index (κ2) is 18.7. The molecule has 2 aliphatic rings. The number of sulfonamides is 1. The van der Waals surface area contributed by atoms with E-state index < -0.39 is 43.2 Å². The standard InChI is InChI=1S/C45H47F3N6O5S2/c1-51(2)23-22-36(30-60-38-9-4-3-5-10-38)49-41-20-19-39(27-43(41)54(56)57)61(58,59)50-44(55)33-15-21-42-32(26-33)14-18-37-29-52(24-25-53(37)42)28-34-8-6-7-11-40(34)31-12-16-35(17-13-31)45(46,47)48/h3-13,15-17,19-21,26-27,36-37,49H,14,18,22-25,28-30H2,1-2H3,(H,50,55)/t36-,37-/m1/s1. The number of nitro benzene ring substituents is 1. The molecule has 16 heteroatoms. The molecule has 0 saturated carbocycles. The Morgan fingerprint density at radius 3 is 2.41 bits per heavy atom. The first-order valence-electron chi connectivity index (χ1n) is 20.0. The van der Waals surface area contributed by atoms with E-state index in [1.807, 2.05) is 79.7 Å². The van der Waals surface area contributed by atoms with Crippen LogP contribution < -0.4 is 14.9 Å². The summed E-state index contributed by atoms with van der Waals surface area (Å²) in [5, 5.41) is 15.5. The number of anilines is 2. The molecule has 61 heavy (non-hydrogen) atoms. The molecule has 5 aromatic rings. The molecular weight excluding hydrogens is 826 g/mol. The van der Waals surface area contributed by atoms with Gasteiger partial charge in [0, 0.05) is 66.2 Å². The second-order valence-corrected chi connectivity index (χ2v) is 18.4. The second-order valence-electron chi connectivity index (χ2n) is 15.6. The Kier molecular flexibility index (Phi) is 13.4. The maximum Gasteiger partial charge on any atom is 0.416 e. The van der Waals surface area contributed by atoms with Crippen molar-refractivity contribution in [1.82, 2.24) is 14.5 Å². The van der Waals surface area contributed by atoms with Gasteiger partial charge in [-0.15, -0.1) is 11.8 Å². The van der Waals surface area contributed by atoms with Gasteiger partial charge in [-0.3, -0.25) is 19.8 Å². The highest BCUT2D eigenvalue weighted by atomic mass is 32.2. The Morgan fingerprint density at radius 1 is 0.951 bits per heavy atom. The van der Waals surface area contributed by atoms with Gasteiger partial charge in [-0.1, -0.05) is 54.6 Å². The van der Waals surface area contributed by atoms with Crippen molar-refractivity contribution >= 4 is 44.8 Å². The van der Waals surface area contributed by atoms with Crippen LogP contribution in [-0.4, -0.2) is 87.2 Å². The number of nitro groups is 1.